The monoisotopic (exact) mass is 235 g/mol. The van der Waals surface area contributed by atoms with Crippen LogP contribution in [0, 0.1) is 5.92 Å². The Balaban J connectivity index is 2.06. The molecular weight excluding hydrogens is 218 g/mol. The lowest BCUT2D eigenvalue weighted by Crippen LogP contribution is -2.21. The number of carbonyl (C=O) groups excluding carboxylic acids is 1. The molecule has 0 saturated heterocycles. The SMILES string of the molecule is CCC(CC)C(=O)Nc1ccc2c(c1)OCO2. The normalized spacial score (nSPS) is 12.9. The van der Waals surface area contributed by atoms with Crippen molar-refractivity contribution in [1.82, 2.24) is 0 Å². The summed E-state index contributed by atoms with van der Waals surface area (Å²) in [5.41, 5.74) is 0.756. The number of rotatable bonds is 4. The number of hydrogen-bond acceptors (Lipinski definition) is 3. The summed E-state index contributed by atoms with van der Waals surface area (Å²) in [6.45, 7) is 4.29. The molecule has 1 amide bonds. The molecule has 2 rings (SSSR count). The Labute approximate surface area is 101 Å². The lowest BCUT2D eigenvalue weighted by molar-refractivity contribution is -0.120. The first kappa shape index (κ1) is 11.8. The third-order valence-corrected chi connectivity index (χ3v) is 3.00. The zero-order chi connectivity index (χ0) is 12.3. The van der Waals surface area contributed by atoms with Crippen molar-refractivity contribution in [2.75, 3.05) is 12.1 Å². The molecule has 0 atom stereocenters. The number of anilines is 1. The van der Waals surface area contributed by atoms with Gasteiger partial charge in [0, 0.05) is 17.7 Å². The van der Waals surface area contributed by atoms with Gasteiger partial charge in [-0.25, -0.2) is 0 Å². The Morgan fingerprint density at radius 2 is 2.00 bits per heavy atom. The fourth-order valence-electron chi connectivity index (χ4n) is 1.88. The van der Waals surface area contributed by atoms with Crippen LogP contribution < -0.4 is 14.8 Å². The van der Waals surface area contributed by atoms with Gasteiger partial charge in [-0.1, -0.05) is 13.8 Å². The van der Waals surface area contributed by atoms with Crippen LogP contribution in [0.3, 0.4) is 0 Å². The summed E-state index contributed by atoms with van der Waals surface area (Å²) >= 11 is 0. The van der Waals surface area contributed by atoms with E-state index in [1.807, 2.05) is 26.0 Å². The van der Waals surface area contributed by atoms with E-state index in [0.29, 0.717) is 5.75 Å². The zero-order valence-electron chi connectivity index (χ0n) is 10.2. The number of carbonyl (C=O) groups is 1. The van der Waals surface area contributed by atoms with E-state index in [1.165, 1.54) is 0 Å². The van der Waals surface area contributed by atoms with E-state index < -0.39 is 0 Å². The topological polar surface area (TPSA) is 47.6 Å². The summed E-state index contributed by atoms with van der Waals surface area (Å²) in [6.07, 6.45) is 1.71. The van der Waals surface area contributed by atoms with Gasteiger partial charge in [-0.3, -0.25) is 4.79 Å². The quantitative estimate of drug-likeness (QED) is 0.872. The van der Waals surface area contributed by atoms with Crippen LogP contribution in [0.4, 0.5) is 5.69 Å². The minimum Gasteiger partial charge on any atom is -0.454 e. The van der Waals surface area contributed by atoms with Crippen LogP contribution in [-0.4, -0.2) is 12.7 Å². The van der Waals surface area contributed by atoms with Crippen molar-refractivity contribution in [2.45, 2.75) is 26.7 Å². The van der Waals surface area contributed by atoms with Crippen LogP contribution >= 0.6 is 0 Å². The molecule has 4 nitrogen and oxygen atoms in total. The van der Waals surface area contributed by atoms with Gasteiger partial charge in [-0.05, 0) is 25.0 Å². The maximum Gasteiger partial charge on any atom is 0.231 e. The third kappa shape index (κ3) is 2.52. The second-order valence-corrected chi connectivity index (χ2v) is 4.07. The van der Waals surface area contributed by atoms with Crippen LogP contribution in [0.2, 0.25) is 0 Å². The molecule has 0 aromatic heterocycles. The zero-order valence-corrected chi connectivity index (χ0v) is 10.2. The van der Waals surface area contributed by atoms with E-state index in [4.69, 9.17) is 9.47 Å². The summed E-state index contributed by atoms with van der Waals surface area (Å²) in [6, 6.07) is 5.43. The second-order valence-electron chi connectivity index (χ2n) is 4.07. The van der Waals surface area contributed by atoms with Gasteiger partial charge in [0.25, 0.3) is 0 Å². The van der Waals surface area contributed by atoms with Gasteiger partial charge in [-0.15, -0.1) is 0 Å². The molecule has 1 heterocycles. The molecule has 0 bridgehead atoms. The van der Waals surface area contributed by atoms with Crippen molar-refractivity contribution in [1.29, 1.82) is 0 Å². The first-order valence-corrected chi connectivity index (χ1v) is 5.95. The Kier molecular flexibility index (Phi) is 3.52. The molecule has 0 saturated carbocycles. The smallest absolute Gasteiger partial charge is 0.231 e. The molecule has 4 heteroatoms. The van der Waals surface area contributed by atoms with Gasteiger partial charge < -0.3 is 14.8 Å². The first-order valence-electron chi connectivity index (χ1n) is 5.95. The van der Waals surface area contributed by atoms with Gasteiger partial charge in [-0.2, -0.15) is 0 Å². The predicted octanol–water partition coefficient (Wildman–Crippen LogP) is 2.79. The van der Waals surface area contributed by atoms with Gasteiger partial charge >= 0.3 is 0 Å². The highest BCUT2D eigenvalue weighted by molar-refractivity contribution is 5.92. The number of hydrogen-bond donors (Lipinski definition) is 1. The molecule has 0 radical (unpaired) electrons. The van der Waals surface area contributed by atoms with Crippen molar-refractivity contribution in [3.05, 3.63) is 18.2 Å². The molecule has 0 aliphatic carbocycles. The molecule has 17 heavy (non-hydrogen) atoms. The van der Waals surface area contributed by atoms with Crippen molar-refractivity contribution in [2.24, 2.45) is 5.92 Å². The molecular formula is C13H17NO3. The van der Waals surface area contributed by atoms with Crippen molar-refractivity contribution in [3.8, 4) is 11.5 Å². The summed E-state index contributed by atoms with van der Waals surface area (Å²) in [7, 11) is 0. The Hall–Kier alpha value is -1.71. The number of amides is 1. The fraction of sp³-hybridized carbons (Fsp3) is 0.462. The van der Waals surface area contributed by atoms with Crippen LogP contribution in [0.25, 0.3) is 0 Å². The molecule has 1 aliphatic heterocycles. The number of nitrogens with one attached hydrogen (secondary N) is 1. The largest absolute Gasteiger partial charge is 0.454 e. The summed E-state index contributed by atoms with van der Waals surface area (Å²) in [5, 5.41) is 2.90. The first-order chi connectivity index (χ1) is 8.24. The number of ether oxygens (including phenoxy) is 2. The Bertz CT molecular complexity index is 413. The minimum atomic E-state index is 0.0638. The van der Waals surface area contributed by atoms with Gasteiger partial charge in [0.2, 0.25) is 12.7 Å². The summed E-state index contributed by atoms with van der Waals surface area (Å²) in [4.78, 5) is 11.9. The molecule has 92 valence electrons. The van der Waals surface area contributed by atoms with E-state index in [2.05, 4.69) is 5.32 Å². The fourth-order valence-corrected chi connectivity index (χ4v) is 1.88. The third-order valence-electron chi connectivity index (χ3n) is 3.00. The molecule has 0 fully saturated rings. The van der Waals surface area contributed by atoms with Crippen molar-refractivity contribution in [3.63, 3.8) is 0 Å². The van der Waals surface area contributed by atoms with Crippen LogP contribution in [0.5, 0.6) is 11.5 Å². The standard InChI is InChI=1S/C13H17NO3/c1-3-9(4-2)13(15)14-10-5-6-11-12(7-10)17-8-16-11/h5-7,9H,3-4,8H2,1-2H3,(H,14,15). The average Bonchev–Trinajstić information content (AvgIpc) is 2.77. The maximum absolute atomic E-state index is 11.9. The van der Waals surface area contributed by atoms with Crippen LogP contribution in [-0.2, 0) is 4.79 Å². The second kappa shape index (κ2) is 5.08. The molecule has 0 unspecified atom stereocenters. The molecule has 1 N–H and O–H groups in total. The van der Waals surface area contributed by atoms with E-state index in [9.17, 15) is 4.79 Å². The minimum absolute atomic E-state index is 0.0638. The highest BCUT2D eigenvalue weighted by atomic mass is 16.7. The lowest BCUT2D eigenvalue weighted by Gasteiger charge is -2.12. The highest BCUT2D eigenvalue weighted by Gasteiger charge is 2.17. The van der Waals surface area contributed by atoms with E-state index in [-0.39, 0.29) is 18.6 Å². The van der Waals surface area contributed by atoms with Gasteiger partial charge in [0.15, 0.2) is 11.5 Å². The Morgan fingerprint density at radius 3 is 2.71 bits per heavy atom. The molecule has 1 aliphatic rings. The van der Waals surface area contributed by atoms with E-state index >= 15 is 0 Å². The van der Waals surface area contributed by atoms with Crippen LogP contribution in [0.1, 0.15) is 26.7 Å². The number of fused-ring (bicyclic) bond motifs is 1. The van der Waals surface area contributed by atoms with E-state index in [1.54, 1.807) is 6.07 Å². The predicted molar refractivity (Wildman–Crippen MR) is 65.3 cm³/mol. The van der Waals surface area contributed by atoms with Crippen molar-refractivity contribution >= 4 is 11.6 Å². The highest BCUT2D eigenvalue weighted by Crippen LogP contribution is 2.34. The molecule has 1 aromatic rings. The lowest BCUT2D eigenvalue weighted by atomic mass is 10.0. The van der Waals surface area contributed by atoms with Crippen LogP contribution in [0.15, 0.2) is 18.2 Å². The maximum atomic E-state index is 11.9. The van der Waals surface area contributed by atoms with Gasteiger partial charge in [0.1, 0.15) is 0 Å². The summed E-state index contributed by atoms with van der Waals surface area (Å²) in [5.74, 6) is 1.55. The van der Waals surface area contributed by atoms with Gasteiger partial charge in [0.05, 0.1) is 0 Å². The number of benzene rings is 1. The average molecular weight is 235 g/mol. The Morgan fingerprint density at radius 1 is 1.29 bits per heavy atom. The van der Waals surface area contributed by atoms with E-state index in [0.717, 1.165) is 24.3 Å². The summed E-state index contributed by atoms with van der Waals surface area (Å²) < 4.78 is 10.5. The van der Waals surface area contributed by atoms with Crippen molar-refractivity contribution < 1.29 is 14.3 Å². The molecule has 1 aromatic carbocycles. The molecule has 0 spiro atoms.